The van der Waals surface area contributed by atoms with Gasteiger partial charge < -0.3 is 9.53 Å². The van der Waals surface area contributed by atoms with Crippen molar-refractivity contribution in [1.29, 1.82) is 0 Å². The molecule has 0 heterocycles. The average Bonchev–Trinajstić information content (AvgIpc) is 2.31. The topological polar surface area (TPSA) is 26.3 Å². The first-order chi connectivity index (χ1) is 8.15. The van der Waals surface area contributed by atoms with Crippen molar-refractivity contribution in [2.45, 2.75) is 18.6 Å². The van der Waals surface area contributed by atoms with Crippen LogP contribution >= 0.6 is 24.0 Å². The molecule has 0 bridgehead atoms. The Morgan fingerprint density at radius 2 is 2.18 bits per heavy atom. The normalized spacial score (nSPS) is 11.9. The molecule has 0 aromatic heterocycles. The number of ether oxygens (including phenoxy) is 1. The number of benzene rings is 1. The van der Waals surface area contributed by atoms with Crippen molar-refractivity contribution < 1.29 is 13.9 Å². The summed E-state index contributed by atoms with van der Waals surface area (Å²) in [5.41, 5.74) is 0.898. The molecule has 0 spiro atoms. The number of thiocarbonyl (C=S) groups is 1. The molecule has 0 unspecified atom stereocenters. The summed E-state index contributed by atoms with van der Waals surface area (Å²) in [4.78, 5) is 10.9. The minimum atomic E-state index is -0.292. The molecule has 2 nitrogen and oxygen atoms in total. The third-order valence-corrected chi connectivity index (χ3v) is 3.31. The van der Waals surface area contributed by atoms with E-state index in [0.717, 1.165) is 11.8 Å². The zero-order chi connectivity index (χ0) is 12.7. The van der Waals surface area contributed by atoms with Crippen LogP contribution in [-0.4, -0.2) is 22.5 Å². The SMILES string of the molecule is CCOC(=S)S[C@H](C=O)Cc1ccc(F)cc1. The van der Waals surface area contributed by atoms with Gasteiger partial charge in [-0.25, -0.2) is 4.39 Å². The molecule has 1 atom stereocenters. The van der Waals surface area contributed by atoms with Crippen molar-refractivity contribution in [3.8, 4) is 0 Å². The molecule has 1 aromatic carbocycles. The van der Waals surface area contributed by atoms with Crippen LogP contribution in [0.2, 0.25) is 0 Å². The van der Waals surface area contributed by atoms with E-state index in [4.69, 9.17) is 17.0 Å². The third-order valence-electron chi connectivity index (χ3n) is 2.01. The highest BCUT2D eigenvalue weighted by atomic mass is 32.2. The van der Waals surface area contributed by atoms with E-state index in [1.54, 1.807) is 12.1 Å². The minimum absolute atomic E-state index is 0.283. The number of thioether (sulfide) groups is 1. The van der Waals surface area contributed by atoms with E-state index in [1.165, 1.54) is 23.9 Å². The van der Waals surface area contributed by atoms with E-state index in [9.17, 15) is 9.18 Å². The molecule has 1 rings (SSSR count). The van der Waals surface area contributed by atoms with Gasteiger partial charge in [-0.1, -0.05) is 23.9 Å². The standard InChI is InChI=1S/C12H13FO2S2/c1-2-15-12(16)17-11(8-14)7-9-3-5-10(13)6-4-9/h3-6,8,11H,2,7H2,1H3/t11-/m0/s1. The first kappa shape index (κ1) is 14.1. The summed E-state index contributed by atoms with van der Waals surface area (Å²) in [7, 11) is 0. The van der Waals surface area contributed by atoms with E-state index < -0.39 is 0 Å². The van der Waals surface area contributed by atoms with Crippen molar-refractivity contribution in [3.63, 3.8) is 0 Å². The van der Waals surface area contributed by atoms with E-state index >= 15 is 0 Å². The monoisotopic (exact) mass is 272 g/mol. The molecule has 0 aliphatic heterocycles. The van der Waals surface area contributed by atoms with E-state index in [0.29, 0.717) is 17.4 Å². The molecule has 0 amide bonds. The fraction of sp³-hybridized carbons (Fsp3) is 0.333. The Morgan fingerprint density at radius 3 is 2.71 bits per heavy atom. The third kappa shape index (κ3) is 5.28. The highest BCUT2D eigenvalue weighted by Crippen LogP contribution is 2.17. The van der Waals surface area contributed by atoms with Crippen molar-refractivity contribution in [1.82, 2.24) is 0 Å². The maximum atomic E-state index is 12.7. The average molecular weight is 272 g/mol. The Balaban J connectivity index is 2.54. The van der Waals surface area contributed by atoms with Gasteiger partial charge in [-0.3, -0.25) is 0 Å². The first-order valence-corrected chi connectivity index (χ1v) is 6.47. The number of rotatable bonds is 5. The summed E-state index contributed by atoms with van der Waals surface area (Å²) in [5.74, 6) is -0.283. The molecule has 17 heavy (non-hydrogen) atoms. The van der Waals surface area contributed by atoms with Crippen LogP contribution in [0.3, 0.4) is 0 Å². The van der Waals surface area contributed by atoms with Crippen LogP contribution in [0.5, 0.6) is 0 Å². The van der Waals surface area contributed by atoms with E-state index in [2.05, 4.69) is 0 Å². The van der Waals surface area contributed by atoms with Gasteiger partial charge in [0.15, 0.2) is 0 Å². The molecule has 0 N–H and O–H groups in total. The maximum Gasteiger partial charge on any atom is 0.220 e. The van der Waals surface area contributed by atoms with Crippen molar-refractivity contribution in [2.24, 2.45) is 0 Å². The van der Waals surface area contributed by atoms with Crippen molar-refractivity contribution in [2.75, 3.05) is 6.61 Å². The molecule has 92 valence electrons. The lowest BCUT2D eigenvalue weighted by atomic mass is 10.1. The van der Waals surface area contributed by atoms with E-state index in [-0.39, 0.29) is 11.1 Å². The van der Waals surface area contributed by atoms with Gasteiger partial charge in [0.05, 0.1) is 11.9 Å². The van der Waals surface area contributed by atoms with Crippen LogP contribution in [0, 0.1) is 5.82 Å². The molecule has 0 aliphatic carbocycles. The smallest absolute Gasteiger partial charge is 0.220 e. The predicted molar refractivity (Wildman–Crippen MR) is 71.8 cm³/mol. The predicted octanol–water partition coefficient (Wildman–Crippen LogP) is 2.99. The summed E-state index contributed by atoms with van der Waals surface area (Å²) < 4.78 is 18.2. The number of aldehydes is 1. The van der Waals surface area contributed by atoms with Gasteiger partial charge in [0.2, 0.25) is 4.38 Å². The van der Waals surface area contributed by atoms with Gasteiger partial charge in [0, 0.05) is 0 Å². The zero-order valence-electron chi connectivity index (χ0n) is 9.39. The molecule has 0 saturated heterocycles. The Bertz CT molecular complexity index is 379. The summed E-state index contributed by atoms with van der Waals surface area (Å²) in [6, 6.07) is 6.08. The molecule has 5 heteroatoms. The molecule has 1 aromatic rings. The zero-order valence-corrected chi connectivity index (χ0v) is 11.0. The number of carbonyl (C=O) groups excluding carboxylic acids is 1. The van der Waals surface area contributed by atoms with E-state index in [1.807, 2.05) is 6.92 Å². The number of hydrogen-bond acceptors (Lipinski definition) is 4. The number of hydrogen-bond donors (Lipinski definition) is 0. The number of halogens is 1. The lowest BCUT2D eigenvalue weighted by Crippen LogP contribution is -2.12. The van der Waals surface area contributed by atoms with Gasteiger partial charge in [-0.2, -0.15) is 0 Å². The summed E-state index contributed by atoms with van der Waals surface area (Å²) >= 11 is 6.17. The van der Waals surface area contributed by atoms with Crippen molar-refractivity contribution in [3.05, 3.63) is 35.6 Å². The number of carbonyl (C=O) groups is 1. The van der Waals surface area contributed by atoms with Crippen LogP contribution < -0.4 is 0 Å². The molecule has 0 saturated carbocycles. The van der Waals surface area contributed by atoms with Gasteiger partial charge in [0.25, 0.3) is 0 Å². The van der Waals surface area contributed by atoms with Gasteiger partial charge in [0.1, 0.15) is 12.1 Å². The fourth-order valence-electron chi connectivity index (χ4n) is 1.25. The lowest BCUT2D eigenvalue weighted by Gasteiger charge is -2.10. The fourth-order valence-corrected chi connectivity index (χ4v) is 2.50. The second-order valence-corrected chi connectivity index (χ2v) is 5.15. The van der Waals surface area contributed by atoms with Gasteiger partial charge >= 0.3 is 0 Å². The first-order valence-electron chi connectivity index (χ1n) is 5.19. The summed E-state index contributed by atoms with van der Waals surface area (Å²) in [6.07, 6.45) is 1.35. The van der Waals surface area contributed by atoms with Crippen LogP contribution in [0.25, 0.3) is 0 Å². The Kier molecular flexibility index (Phi) is 6.15. The second-order valence-electron chi connectivity index (χ2n) is 3.31. The summed E-state index contributed by atoms with van der Waals surface area (Å²) in [6.45, 7) is 2.33. The molecule has 0 aliphatic rings. The van der Waals surface area contributed by atoms with Crippen LogP contribution in [0.15, 0.2) is 24.3 Å². The highest BCUT2D eigenvalue weighted by molar-refractivity contribution is 8.23. The Morgan fingerprint density at radius 1 is 1.53 bits per heavy atom. The van der Waals surface area contributed by atoms with Crippen LogP contribution in [-0.2, 0) is 16.0 Å². The summed E-state index contributed by atoms with van der Waals surface area (Å²) in [5, 5.41) is -0.292. The Labute approximate surface area is 110 Å². The molecule has 0 radical (unpaired) electrons. The second kappa shape index (κ2) is 7.40. The molecular weight excluding hydrogens is 259 g/mol. The maximum absolute atomic E-state index is 12.7. The van der Waals surface area contributed by atoms with Gasteiger partial charge in [-0.05, 0) is 43.3 Å². The van der Waals surface area contributed by atoms with Gasteiger partial charge in [-0.15, -0.1) is 0 Å². The van der Waals surface area contributed by atoms with Crippen LogP contribution in [0.1, 0.15) is 12.5 Å². The van der Waals surface area contributed by atoms with Crippen LogP contribution in [0.4, 0.5) is 4.39 Å². The highest BCUT2D eigenvalue weighted by Gasteiger charge is 2.12. The largest absolute Gasteiger partial charge is 0.479 e. The van der Waals surface area contributed by atoms with Crippen molar-refractivity contribution >= 4 is 34.6 Å². The quantitative estimate of drug-likeness (QED) is 0.608. The lowest BCUT2D eigenvalue weighted by molar-refractivity contribution is -0.107. The molecule has 0 fully saturated rings. The molecular formula is C12H13FO2S2. The minimum Gasteiger partial charge on any atom is -0.479 e. The Hall–Kier alpha value is -0.940.